The predicted molar refractivity (Wildman–Crippen MR) is 154 cm³/mol. The van der Waals surface area contributed by atoms with E-state index in [-0.39, 0.29) is 6.54 Å². The molecule has 1 aliphatic rings. The molecule has 0 radical (unpaired) electrons. The van der Waals surface area contributed by atoms with Crippen LogP contribution in [0.5, 0.6) is 0 Å². The molecule has 192 valence electrons. The molecule has 0 aliphatic carbocycles. The molecule has 1 aliphatic heterocycles. The van der Waals surface area contributed by atoms with Crippen LogP contribution in [0.4, 0.5) is 10.5 Å². The van der Waals surface area contributed by atoms with E-state index in [1.54, 1.807) is 12.1 Å². The molecule has 1 aromatic heterocycles. The van der Waals surface area contributed by atoms with Gasteiger partial charge >= 0.3 is 0 Å². The number of anilines is 1. The van der Waals surface area contributed by atoms with E-state index in [2.05, 4.69) is 9.88 Å². The molecule has 1 N–H and O–H groups in total. The minimum Gasteiger partial charge on any atom is -0.340 e. The van der Waals surface area contributed by atoms with Crippen molar-refractivity contribution in [3.63, 3.8) is 0 Å². The maximum absolute atomic E-state index is 13.2. The Bertz CT molecular complexity index is 1640. The van der Waals surface area contributed by atoms with Crippen LogP contribution in [0, 0.1) is 20.8 Å². The van der Waals surface area contributed by atoms with E-state index in [1.165, 1.54) is 0 Å². The van der Waals surface area contributed by atoms with Crippen molar-refractivity contribution in [3.8, 4) is 0 Å². The Hall–Kier alpha value is -3.81. The predicted octanol–water partition coefficient (Wildman–Crippen LogP) is 6.94. The fourth-order valence-corrected chi connectivity index (χ4v) is 5.64. The Morgan fingerprint density at radius 2 is 1.71 bits per heavy atom. The first-order chi connectivity index (χ1) is 18.2. The number of fused-ring (bicyclic) bond motifs is 1. The minimum atomic E-state index is -0.474. The standard InChI is InChI=1S/C30H26ClN3O3S/c1-18-9-8-13-25(19(18)2)32-28(35)17-34-29(36)27(38-30(34)37)15-23-20(3)33(26-14-7-5-11-22(23)26)16-21-10-4-6-12-24(21)31/h4-15H,16-17H2,1-3H3,(H,32,35)/b27-15-. The summed E-state index contributed by atoms with van der Waals surface area (Å²) < 4.78 is 2.16. The number of hydrogen-bond acceptors (Lipinski definition) is 4. The van der Waals surface area contributed by atoms with Crippen LogP contribution in [-0.4, -0.2) is 33.1 Å². The first kappa shape index (κ1) is 25.8. The first-order valence-electron chi connectivity index (χ1n) is 12.2. The lowest BCUT2D eigenvalue weighted by molar-refractivity contribution is -0.127. The third-order valence-electron chi connectivity index (χ3n) is 6.90. The molecule has 6 nitrogen and oxygen atoms in total. The molecule has 1 fully saturated rings. The van der Waals surface area contributed by atoms with Gasteiger partial charge < -0.3 is 9.88 Å². The topological polar surface area (TPSA) is 71.4 Å². The van der Waals surface area contributed by atoms with Crippen molar-refractivity contribution < 1.29 is 14.4 Å². The zero-order valence-electron chi connectivity index (χ0n) is 21.2. The highest BCUT2D eigenvalue weighted by molar-refractivity contribution is 8.18. The molecule has 38 heavy (non-hydrogen) atoms. The average molecular weight is 544 g/mol. The van der Waals surface area contributed by atoms with Gasteiger partial charge in [0.1, 0.15) is 6.54 Å². The van der Waals surface area contributed by atoms with Gasteiger partial charge in [-0.2, -0.15) is 0 Å². The number of amides is 3. The maximum atomic E-state index is 13.2. The van der Waals surface area contributed by atoms with Gasteiger partial charge in [-0.05, 0) is 73.5 Å². The van der Waals surface area contributed by atoms with Gasteiger partial charge in [-0.25, -0.2) is 0 Å². The number of hydrogen-bond donors (Lipinski definition) is 1. The normalized spacial score (nSPS) is 14.6. The molecule has 5 rings (SSSR count). The fraction of sp³-hybridized carbons (Fsp3) is 0.167. The van der Waals surface area contributed by atoms with Crippen molar-refractivity contribution in [1.82, 2.24) is 9.47 Å². The lowest BCUT2D eigenvalue weighted by atomic mass is 10.1. The molecule has 0 saturated carbocycles. The van der Waals surface area contributed by atoms with Gasteiger partial charge in [0.05, 0.1) is 4.91 Å². The third-order valence-corrected chi connectivity index (χ3v) is 8.17. The molecule has 2 heterocycles. The van der Waals surface area contributed by atoms with E-state index in [1.807, 2.05) is 81.4 Å². The number of aryl methyl sites for hydroxylation is 1. The maximum Gasteiger partial charge on any atom is 0.294 e. The van der Waals surface area contributed by atoms with Crippen molar-refractivity contribution in [2.75, 3.05) is 11.9 Å². The van der Waals surface area contributed by atoms with Crippen LogP contribution in [0.3, 0.4) is 0 Å². The van der Waals surface area contributed by atoms with Gasteiger partial charge in [-0.15, -0.1) is 0 Å². The van der Waals surface area contributed by atoms with E-state index in [9.17, 15) is 14.4 Å². The number of carbonyl (C=O) groups excluding carboxylic acids is 3. The lowest BCUT2D eigenvalue weighted by Crippen LogP contribution is -2.36. The second-order valence-electron chi connectivity index (χ2n) is 9.26. The summed E-state index contributed by atoms with van der Waals surface area (Å²) in [5, 5.41) is 4.01. The zero-order chi connectivity index (χ0) is 27.0. The number of imide groups is 1. The second kappa shape index (κ2) is 10.5. The third kappa shape index (κ3) is 4.87. The highest BCUT2D eigenvalue weighted by Gasteiger charge is 2.36. The van der Waals surface area contributed by atoms with Crippen molar-refractivity contribution in [3.05, 3.63) is 105 Å². The number of carbonyl (C=O) groups is 3. The number of halogens is 1. The van der Waals surface area contributed by atoms with E-state index >= 15 is 0 Å². The van der Waals surface area contributed by atoms with E-state index in [4.69, 9.17) is 11.6 Å². The number of aromatic nitrogens is 1. The van der Waals surface area contributed by atoms with E-state index < -0.39 is 17.1 Å². The highest BCUT2D eigenvalue weighted by Crippen LogP contribution is 2.36. The number of benzene rings is 3. The second-order valence-corrected chi connectivity index (χ2v) is 10.7. The Kier molecular flexibility index (Phi) is 7.15. The summed E-state index contributed by atoms with van der Waals surface area (Å²) >= 11 is 7.28. The monoisotopic (exact) mass is 543 g/mol. The van der Waals surface area contributed by atoms with Crippen molar-refractivity contribution >= 4 is 63.1 Å². The molecule has 1 saturated heterocycles. The lowest BCUT2D eigenvalue weighted by Gasteiger charge is -2.14. The molecule has 0 bridgehead atoms. The molecule has 4 aromatic rings. The number of para-hydroxylation sites is 1. The minimum absolute atomic E-state index is 0.290. The Balaban J connectivity index is 1.42. The van der Waals surface area contributed by atoms with Gasteiger partial charge in [0.2, 0.25) is 5.91 Å². The summed E-state index contributed by atoms with van der Waals surface area (Å²) in [5.41, 5.74) is 6.45. The Morgan fingerprint density at radius 1 is 0.974 bits per heavy atom. The van der Waals surface area contributed by atoms with Crippen molar-refractivity contribution in [2.45, 2.75) is 27.3 Å². The van der Waals surface area contributed by atoms with Gasteiger partial charge in [-0.3, -0.25) is 19.3 Å². The van der Waals surface area contributed by atoms with Crippen LogP contribution in [0.25, 0.3) is 17.0 Å². The molecule has 8 heteroatoms. The Labute approximate surface area is 230 Å². The van der Waals surface area contributed by atoms with Gasteiger partial charge in [0.25, 0.3) is 11.1 Å². The highest BCUT2D eigenvalue weighted by atomic mass is 35.5. The molecule has 3 amide bonds. The fourth-order valence-electron chi connectivity index (χ4n) is 4.63. The number of nitrogens with zero attached hydrogens (tertiary/aromatic N) is 2. The van der Waals surface area contributed by atoms with Crippen LogP contribution in [0.15, 0.2) is 71.6 Å². The van der Waals surface area contributed by atoms with Crippen LogP contribution >= 0.6 is 23.4 Å². The van der Waals surface area contributed by atoms with E-state index in [0.29, 0.717) is 22.2 Å². The summed E-state index contributed by atoms with van der Waals surface area (Å²) in [4.78, 5) is 40.0. The number of nitrogens with one attached hydrogen (secondary N) is 1. The van der Waals surface area contributed by atoms with Gasteiger partial charge in [-0.1, -0.05) is 60.1 Å². The molecule has 0 atom stereocenters. The van der Waals surface area contributed by atoms with Crippen LogP contribution in [0.1, 0.15) is 27.9 Å². The summed E-state index contributed by atoms with van der Waals surface area (Å²) in [6.45, 7) is 6.09. The Morgan fingerprint density at radius 3 is 2.50 bits per heavy atom. The van der Waals surface area contributed by atoms with Gasteiger partial charge in [0.15, 0.2) is 0 Å². The largest absolute Gasteiger partial charge is 0.340 e. The summed E-state index contributed by atoms with van der Waals surface area (Å²) in [6, 6.07) is 21.3. The summed E-state index contributed by atoms with van der Waals surface area (Å²) in [5.74, 6) is -0.895. The molecule has 0 unspecified atom stereocenters. The quantitative estimate of drug-likeness (QED) is 0.267. The SMILES string of the molecule is Cc1cccc(NC(=O)CN2C(=O)S/C(=C\c3c(C)n(Cc4ccccc4Cl)c4ccccc34)C2=O)c1C. The average Bonchev–Trinajstić information content (AvgIpc) is 3.31. The summed E-state index contributed by atoms with van der Waals surface area (Å²) in [6.07, 6.45) is 1.76. The molecular formula is C30H26ClN3O3S. The first-order valence-corrected chi connectivity index (χ1v) is 13.4. The summed E-state index contributed by atoms with van der Waals surface area (Å²) in [7, 11) is 0. The van der Waals surface area contributed by atoms with Crippen LogP contribution in [-0.2, 0) is 16.1 Å². The number of thioether (sulfide) groups is 1. The molecular weight excluding hydrogens is 518 g/mol. The smallest absolute Gasteiger partial charge is 0.294 e. The molecule has 3 aromatic carbocycles. The van der Waals surface area contributed by atoms with Crippen LogP contribution < -0.4 is 5.32 Å². The number of rotatable bonds is 6. The van der Waals surface area contributed by atoms with E-state index in [0.717, 1.165) is 55.5 Å². The van der Waals surface area contributed by atoms with Gasteiger partial charge in [0, 0.05) is 39.4 Å². The van der Waals surface area contributed by atoms with Crippen LogP contribution in [0.2, 0.25) is 5.02 Å². The molecule has 0 spiro atoms. The van der Waals surface area contributed by atoms with Crippen molar-refractivity contribution in [1.29, 1.82) is 0 Å². The van der Waals surface area contributed by atoms with Crippen molar-refractivity contribution in [2.24, 2.45) is 0 Å². The zero-order valence-corrected chi connectivity index (χ0v) is 22.8.